The molecule has 83 heavy (non-hydrogen) atoms. The van der Waals surface area contributed by atoms with Gasteiger partial charge in [0.15, 0.2) is 0 Å². The summed E-state index contributed by atoms with van der Waals surface area (Å²) in [6, 6.07) is 29.2. The molecule has 0 aliphatic heterocycles. The first kappa shape index (κ1) is 71.3. The van der Waals surface area contributed by atoms with E-state index in [0.717, 1.165) is 63.2 Å². The Bertz CT molecular complexity index is 1990. The monoisotopic (exact) mass is 1160 g/mol. The van der Waals surface area contributed by atoms with Crippen LogP contribution in [-0.2, 0) is 11.0 Å². The summed E-state index contributed by atoms with van der Waals surface area (Å²) in [5.41, 5.74) is 2.55. The lowest BCUT2D eigenvalue weighted by atomic mass is 10.0. The van der Waals surface area contributed by atoms with Crippen LogP contribution >= 0.6 is 0 Å². The number of nitro groups is 1. The van der Waals surface area contributed by atoms with Crippen LogP contribution in [0.5, 0.6) is 17.2 Å². The predicted molar refractivity (Wildman–Crippen MR) is 359 cm³/mol. The van der Waals surface area contributed by atoms with E-state index >= 15 is 0 Å². The SMILES string of the molecule is CCCCCCCCCCCCCCCCOc1ccc([Si](OCc2cc(C)c(C)cc2[N+](=O)[O-])(c2ccc(OCCCCCCCCCCCCCCCC)cc2)c2ccc(OCCCCCCCCCCCCCCCC)cc2)cc1. The molecule has 4 rings (SSSR count). The van der Waals surface area contributed by atoms with Crippen LogP contribution in [0.15, 0.2) is 84.9 Å². The van der Waals surface area contributed by atoms with Gasteiger partial charge in [0, 0.05) is 6.07 Å². The van der Waals surface area contributed by atoms with Crippen molar-refractivity contribution in [2.24, 2.45) is 0 Å². The molecule has 0 atom stereocenters. The molecule has 4 aromatic rings. The molecule has 0 saturated heterocycles. The zero-order valence-electron chi connectivity index (χ0n) is 54.0. The van der Waals surface area contributed by atoms with Gasteiger partial charge < -0.3 is 18.6 Å². The summed E-state index contributed by atoms with van der Waals surface area (Å²) in [6.45, 7) is 13.0. The van der Waals surface area contributed by atoms with Crippen molar-refractivity contribution in [3.8, 4) is 17.2 Å². The Hall–Kier alpha value is -4.14. The maximum atomic E-state index is 12.6. The van der Waals surface area contributed by atoms with Crippen LogP contribution in [-0.4, -0.2) is 33.1 Å². The normalized spacial score (nSPS) is 11.6. The van der Waals surface area contributed by atoms with Gasteiger partial charge in [-0.1, -0.05) is 308 Å². The molecule has 7 nitrogen and oxygen atoms in total. The smallest absolute Gasteiger partial charge is 0.288 e. The van der Waals surface area contributed by atoms with E-state index in [4.69, 9.17) is 18.6 Å². The van der Waals surface area contributed by atoms with Crippen molar-refractivity contribution in [1.29, 1.82) is 0 Å². The van der Waals surface area contributed by atoms with E-state index < -0.39 is 8.32 Å². The number of ether oxygens (including phenoxy) is 3. The van der Waals surface area contributed by atoms with Crippen LogP contribution in [0.25, 0.3) is 0 Å². The van der Waals surface area contributed by atoms with Gasteiger partial charge in [-0.05, 0) is 102 Å². The second-order valence-electron chi connectivity index (χ2n) is 24.7. The molecular formula is C75H121NO6Si. The average molecular weight is 1160 g/mol. The molecule has 0 heterocycles. The van der Waals surface area contributed by atoms with Crippen molar-refractivity contribution < 1.29 is 23.6 Å². The van der Waals surface area contributed by atoms with Crippen molar-refractivity contribution in [1.82, 2.24) is 0 Å². The Balaban J connectivity index is 1.43. The highest BCUT2D eigenvalue weighted by Gasteiger charge is 2.43. The molecule has 0 bridgehead atoms. The van der Waals surface area contributed by atoms with Crippen molar-refractivity contribution >= 4 is 29.6 Å². The minimum absolute atomic E-state index is 0.0792. The van der Waals surface area contributed by atoms with Crippen molar-refractivity contribution in [3.05, 3.63) is 112 Å². The van der Waals surface area contributed by atoms with Crippen molar-refractivity contribution in [2.45, 2.75) is 311 Å². The number of nitro benzene ring substituents is 1. The molecule has 0 fully saturated rings. The first-order chi connectivity index (χ1) is 40.8. The molecule has 0 spiro atoms. The number of rotatable bonds is 55. The number of unbranched alkanes of at least 4 members (excludes halogenated alkanes) is 39. The third-order valence-corrected chi connectivity index (χ3v) is 21.4. The number of hydrogen-bond acceptors (Lipinski definition) is 6. The summed E-state index contributed by atoms with van der Waals surface area (Å²) in [4.78, 5) is 12.3. The second kappa shape index (κ2) is 47.1. The van der Waals surface area contributed by atoms with E-state index in [1.165, 1.54) is 250 Å². The standard InChI is InChI=1S/C75H121NO6Si/c1-6-9-12-15-18-21-24-27-30-33-36-39-42-45-60-79-69-48-54-72(55-49-69)83(82-65-68-63-66(4)67(5)64-75(68)76(77)78,73-56-50-70(51-57-73)80-61-46-43-40-37-34-31-28-25-22-19-16-13-10-7-2)74-58-52-71(53-59-74)81-62-47-44-41-38-35-32-29-26-23-20-17-14-11-8-3/h48-59,63-64H,6-47,60-62,65H2,1-5H3. The van der Waals surface area contributed by atoms with Crippen molar-refractivity contribution in [3.63, 3.8) is 0 Å². The van der Waals surface area contributed by atoms with Crippen LogP contribution in [0.4, 0.5) is 5.69 Å². The van der Waals surface area contributed by atoms with E-state index in [-0.39, 0.29) is 17.2 Å². The topological polar surface area (TPSA) is 80.1 Å². The molecule has 0 aliphatic rings. The predicted octanol–water partition coefficient (Wildman–Crippen LogP) is 22.0. The number of nitrogens with zero attached hydrogens (tertiary/aromatic N) is 1. The van der Waals surface area contributed by atoms with Gasteiger partial charge in [-0.15, -0.1) is 0 Å². The molecule has 0 unspecified atom stereocenters. The molecule has 0 N–H and O–H groups in total. The quantitative estimate of drug-likeness (QED) is 0.0144. The first-order valence-corrected chi connectivity index (χ1v) is 36.8. The van der Waals surface area contributed by atoms with Crippen LogP contribution < -0.4 is 29.8 Å². The fourth-order valence-electron chi connectivity index (χ4n) is 11.9. The lowest BCUT2D eigenvalue weighted by Crippen LogP contribution is -2.69. The van der Waals surface area contributed by atoms with Crippen LogP contribution in [0.2, 0.25) is 0 Å². The Labute approximate surface area is 510 Å². The van der Waals surface area contributed by atoms with Gasteiger partial charge in [-0.3, -0.25) is 10.1 Å². The highest BCUT2D eigenvalue weighted by atomic mass is 28.4. The molecule has 0 amide bonds. The van der Waals surface area contributed by atoms with Crippen LogP contribution in [0.3, 0.4) is 0 Å². The summed E-state index contributed by atoms with van der Waals surface area (Å²) in [6.07, 6.45) is 55.8. The third-order valence-electron chi connectivity index (χ3n) is 17.4. The lowest BCUT2D eigenvalue weighted by molar-refractivity contribution is -0.385. The minimum atomic E-state index is -3.38. The van der Waals surface area contributed by atoms with Gasteiger partial charge in [0.2, 0.25) is 0 Å². The fraction of sp³-hybridized carbons (Fsp3) is 0.680. The Kier molecular flexibility index (Phi) is 40.4. The zero-order chi connectivity index (χ0) is 59.1. The maximum Gasteiger partial charge on any atom is 0.288 e. The van der Waals surface area contributed by atoms with E-state index in [1.54, 1.807) is 6.07 Å². The number of hydrogen-bond donors (Lipinski definition) is 0. The van der Waals surface area contributed by atoms with E-state index in [2.05, 4.69) is 93.6 Å². The molecule has 0 saturated carbocycles. The van der Waals surface area contributed by atoms with E-state index in [9.17, 15) is 10.1 Å². The summed E-state index contributed by atoms with van der Waals surface area (Å²) in [5.74, 6) is 2.53. The average Bonchev–Trinajstić information content (AvgIpc) is 2.49. The van der Waals surface area contributed by atoms with Gasteiger partial charge >= 0.3 is 0 Å². The molecular weight excluding hydrogens is 1040 g/mol. The largest absolute Gasteiger partial charge is 0.494 e. The van der Waals surface area contributed by atoms with Gasteiger partial charge in [-0.25, -0.2) is 0 Å². The Morgan fingerprint density at radius 3 is 0.807 bits per heavy atom. The fourth-order valence-corrected chi connectivity index (χ4v) is 15.7. The van der Waals surface area contributed by atoms with Gasteiger partial charge in [0.05, 0.1) is 36.9 Å². The summed E-state index contributed by atoms with van der Waals surface area (Å²) in [7, 11) is -3.38. The van der Waals surface area contributed by atoms with Crippen LogP contribution in [0, 0.1) is 24.0 Å². The first-order valence-electron chi connectivity index (χ1n) is 34.9. The Morgan fingerprint density at radius 2 is 0.566 bits per heavy atom. The molecule has 0 radical (unpaired) electrons. The number of aryl methyl sites for hydroxylation is 2. The molecule has 0 aliphatic carbocycles. The Morgan fingerprint density at radius 1 is 0.337 bits per heavy atom. The zero-order valence-corrected chi connectivity index (χ0v) is 55.0. The van der Waals surface area contributed by atoms with Crippen molar-refractivity contribution in [2.75, 3.05) is 19.8 Å². The summed E-state index contributed by atoms with van der Waals surface area (Å²) in [5, 5.41) is 15.7. The van der Waals surface area contributed by atoms with Gasteiger partial charge in [0.1, 0.15) is 17.2 Å². The van der Waals surface area contributed by atoms with E-state index in [0.29, 0.717) is 25.4 Å². The lowest BCUT2D eigenvalue weighted by Gasteiger charge is -2.33. The third kappa shape index (κ3) is 30.7. The highest BCUT2D eigenvalue weighted by Crippen LogP contribution is 2.27. The van der Waals surface area contributed by atoms with Gasteiger partial charge in [-0.2, -0.15) is 0 Å². The minimum Gasteiger partial charge on any atom is -0.494 e. The van der Waals surface area contributed by atoms with Crippen LogP contribution in [0.1, 0.15) is 307 Å². The van der Waals surface area contributed by atoms with Gasteiger partial charge in [0.25, 0.3) is 14.0 Å². The summed E-state index contributed by atoms with van der Waals surface area (Å²) < 4.78 is 26.6. The molecule has 0 aromatic heterocycles. The van der Waals surface area contributed by atoms with E-state index in [1.807, 2.05) is 19.9 Å². The number of benzene rings is 4. The molecule has 466 valence electrons. The maximum absolute atomic E-state index is 12.6. The molecule has 4 aromatic carbocycles. The summed E-state index contributed by atoms with van der Waals surface area (Å²) >= 11 is 0. The second-order valence-corrected chi connectivity index (χ2v) is 28.1. The molecule has 8 heteroatoms. The highest BCUT2D eigenvalue weighted by molar-refractivity contribution is 7.07.